The second-order valence-corrected chi connectivity index (χ2v) is 8.67. The van der Waals surface area contributed by atoms with E-state index >= 15 is 0 Å². The van der Waals surface area contributed by atoms with E-state index < -0.39 is 0 Å². The number of pyridine rings is 2. The molecule has 0 aromatic carbocycles. The molecule has 3 heterocycles. The van der Waals surface area contributed by atoms with E-state index in [1.54, 1.807) is 18.0 Å². The second kappa shape index (κ2) is 9.87. The summed E-state index contributed by atoms with van der Waals surface area (Å²) in [6.07, 6.45) is 14.4. The van der Waals surface area contributed by atoms with E-state index in [4.69, 9.17) is 4.74 Å². The molecule has 0 unspecified atom stereocenters. The van der Waals surface area contributed by atoms with Gasteiger partial charge in [-0.25, -0.2) is 9.97 Å². The summed E-state index contributed by atoms with van der Waals surface area (Å²) in [5.74, 6) is 2.45. The Kier molecular flexibility index (Phi) is 6.76. The first-order valence-electron chi connectivity index (χ1n) is 10.3. The first kappa shape index (κ1) is 21.2. The molecule has 3 aromatic heterocycles. The van der Waals surface area contributed by atoms with Gasteiger partial charge in [0, 0.05) is 35.5 Å². The maximum atomic E-state index is 12.1. The number of ether oxygens (including phenoxy) is 1. The number of aromatic nitrogens is 4. The van der Waals surface area contributed by atoms with Crippen LogP contribution in [-0.2, 0) is 17.6 Å². The quantitative estimate of drug-likeness (QED) is 0.395. The summed E-state index contributed by atoms with van der Waals surface area (Å²) in [5, 5.41) is 0. The highest BCUT2D eigenvalue weighted by molar-refractivity contribution is 7.98. The van der Waals surface area contributed by atoms with E-state index in [-0.39, 0.29) is 5.56 Å². The monoisotopic (exact) mass is 436 g/mol. The molecule has 7 nitrogen and oxygen atoms in total. The molecule has 160 valence electrons. The molecule has 31 heavy (non-hydrogen) atoms. The van der Waals surface area contributed by atoms with E-state index in [9.17, 15) is 9.59 Å². The smallest absolute Gasteiger partial charge is 0.298 e. The van der Waals surface area contributed by atoms with E-state index in [1.165, 1.54) is 35.7 Å². The molecule has 8 heteroatoms. The van der Waals surface area contributed by atoms with Gasteiger partial charge in [0.25, 0.3) is 12.0 Å². The van der Waals surface area contributed by atoms with Gasteiger partial charge < -0.3 is 4.74 Å². The van der Waals surface area contributed by atoms with Crippen molar-refractivity contribution in [3.63, 3.8) is 0 Å². The third-order valence-corrected chi connectivity index (χ3v) is 6.37. The molecule has 1 saturated carbocycles. The summed E-state index contributed by atoms with van der Waals surface area (Å²) in [5.41, 5.74) is 1.45. The molecule has 4 rings (SSSR count). The Morgan fingerprint density at radius 1 is 1.06 bits per heavy atom. The number of thioether (sulfide) groups is 1. The average molecular weight is 437 g/mol. The highest BCUT2D eigenvalue weighted by atomic mass is 32.2. The topological polar surface area (TPSA) is 87.0 Å². The molecule has 3 aromatic rings. The summed E-state index contributed by atoms with van der Waals surface area (Å²) in [4.78, 5) is 37.3. The van der Waals surface area contributed by atoms with Crippen LogP contribution < -0.4 is 10.3 Å². The number of hydrogen-bond acceptors (Lipinski definition) is 7. The summed E-state index contributed by atoms with van der Waals surface area (Å²) in [6, 6.07) is 6.67. The Balaban J connectivity index is 1.36. The zero-order valence-electron chi connectivity index (χ0n) is 17.3. The largest absolute Gasteiger partial charge is 0.427 e. The lowest BCUT2D eigenvalue weighted by atomic mass is 9.97. The van der Waals surface area contributed by atoms with Gasteiger partial charge in [0.2, 0.25) is 0 Å². The van der Waals surface area contributed by atoms with E-state index in [1.807, 2.05) is 30.8 Å². The first-order valence-corrected chi connectivity index (χ1v) is 11.5. The molecule has 0 amide bonds. The fraction of sp³-hybridized carbons (Fsp3) is 0.348. The van der Waals surface area contributed by atoms with Crippen LogP contribution in [-0.4, -0.2) is 32.2 Å². The van der Waals surface area contributed by atoms with Crippen molar-refractivity contribution in [2.45, 2.75) is 37.0 Å². The van der Waals surface area contributed by atoms with Crippen LogP contribution in [0.25, 0.3) is 5.69 Å². The van der Waals surface area contributed by atoms with Crippen molar-refractivity contribution in [1.82, 2.24) is 19.5 Å². The molecular weight excluding hydrogens is 412 g/mol. The summed E-state index contributed by atoms with van der Waals surface area (Å²) >= 11 is 1.65. The minimum absolute atomic E-state index is 0.209. The van der Waals surface area contributed by atoms with Crippen LogP contribution in [0.5, 0.6) is 5.75 Å². The molecule has 2 atom stereocenters. The van der Waals surface area contributed by atoms with Gasteiger partial charge in [-0.15, -0.1) is 11.8 Å². The van der Waals surface area contributed by atoms with Crippen LogP contribution in [0.15, 0.2) is 58.7 Å². The van der Waals surface area contributed by atoms with Crippen LogP contribution in [0.3, 0.4) is 0 Å². The lowest BCUT2D eigenvalue weighted by molar-refractivity contribution is -0.120. The molecular formula is C23H24N4O3S. The molecule has 0 saturated heterocycles. The Morgan fingerprint density at radius 2 is 1.84 bits per heavy atom. The predicted octanol–water partition coefficient (Wildman–Crippen LogP) is 3.48. The zero-order chi connectivity index (χ0) is 21.6. The predicted molar refractivity (Wildman–Crippen MR) is 119 cm³/mol. The highest BCUT2D eigenvalue weighted by Gasteiger charge is 2.26. The van der Waals surface area contributed by atoms with Gasteiger partial charge >= 0.3 is 0 Å². The van der Waals surface area contributed by atoms with Crippen molar-refractivity contribution in [3.8, 4) is 11.4 Å². The third kappa shape index (κ3) is 5.38. The van der Waals surface area contributed by atoms with Crippen LogP contribution in [0.2, 0.25) is 0 Å². The van der Waals surface area contributed by atoms with Crippen LogP contribution in [0, 0.1) is 11.8 Å². The number of carbonyl (C=O) groups is 1. The standard InChI is InChI=1S/C23H24N4O3S/c1-31-21-12-25-22(26-13-21)10-17-3-2-16(8-17)9-18-4-5-19(11-24-18)27-14-20(30-15-28)6-7-23(27)29/h4-7,11-17H,2-3,8-10H2,1H3/t16-,17-/m0/s1. The fourth-order valence-corrected chi connectivity index (χ4v) is 4.45. The maximum Gasteiger partial charge on any atom is 0.298 e. The van der Waals surface area contributed by atoms with Gasteiger partial charge in [-0.1, -0.05) is 0 Å². The molecule has 1 fully saturated rings. The average Bonchev–Trinajstić information content (AvgIpc) is 3.23. The number of rotatable bonds is 8. The Labute approximate surface area is 184 Å². The third-order valence-electron chi connectivity index (χ3n) is 5.69. The summed E-state index contributed by atoms with van der Waals surface area (Å²) in [7, 11) is 0. The lowest BCUT2D eigenvalue weighted by Crippen LogP contribution is -2.17. The molecule has 0 radical (unpaired) electrons. The van der Waals surface area contributed by atoms with Gasteiger partial charge in [-0.3, -0.25) is 19.1 Å². The number of nitrogens with zero attached hydrogens (tertiary/aromatic N) is 4. The highest BCUT2D eigenvalue weighted by Crippen LogP contribution is 2.34. The van der Waals surface area contributed by atoms with Gasteiger partial charge in [0.15, 0.2) is 0 Å². The first-order chi connectivity index (χ1) is 15.1. The van der Waals surface area contributed by atoms with Crippen LogP contribution in [0.4, 0.5) is 0 Å². The maximum absolute atomic E-state index is 12.1. The normalized spacial score (nSPS) is 18.1. The molecule has 1 aliphatic rings. The van der Waals surface area contributed by atoms with Crippen molar-refractivity contribution < 1.29 is 9.53 Å². The van der Waals surface area contributed by atoms with E-state index in [0.29, 0.717) is 29.7 Å². The number of hydrogen-bond donors (Lipinski definition) is 0. The molecule has 0 bridgehead atoms. The van der Waals surface area contributed by atoms with E-state index in [2.05, 4.69) is 15.0 Å². The zero-order valence-corrected chi connectivity index (χ0v) is 18.1. The Hall–Kier alpha value is -3.00. The lowest BCUT2D eigenvalue weighted by Gasteiger charge is -2.12. The molecule has 0 aliphatic heterocycles. The van der Waals surface area contributed by atoms with Crippen molar-refractivity contribution in [2.24, 2.45) is 11.8 Å². The van der Waals surface area contributed by atoms with Gasteiger partial charge in [0.1, 0.15) is 11.6 Å². The van der Waals surface area contributed by atoms with Gasteiger partial charge in [-0.2, -0.15) is 0 Å². The number of carbonyl (C=O) groups excluding carboxylic acids is 1. The Morgan fingerprint density at radius 3 is 2.52 bits per heavy atom. The molecule has 1 aliphatic carbocycles. The minimum atomic E-state index is -0.209. The minimum Gasteiger partial charge on any atom is -0.427 e. The summed E-state index contributed by atoms with van der Waals surface area (Å²) < 4.78 is 6.25. The van der Waals surface area contributed by atoms with Crippen molar-refractivity contribution in [2.75, 3.05) is 6.26 Å². The second-order valence-electron chi connectivity index (χ2n) is 7.79. The molecule has 0 N–H and O–H groups in total. The van der Waals surface area contributed by atoms with E-state index in [0.717, 1.165) is 35.7 Å². The van der Waals surface area contributed by atoms with Crippen molar-refractivity contribution >= 4 is 18.2 Å². The van der Waals surface area contributed by atoms with Crippen molar-refractivity contribution in [1.29, 1.82) is 0 Å². The van der Waals surface area contributed by atoms with Crippen molar-refractivity contribution in [3.05, 3.63) is 70.9 Å². The molecule has 0 spiro atoms. The SMILES string of the molecule is CSc1cnc(C[C@H]2CC[C@H](Cc3ccc(-n4cc(OC=O)ccc4=O)cn3)C2)nc1. The van der Waals surface area contributed by atoms with Crippen LogP contribution >= 0.6 is 11.8 Å². The van der Waals surface area contributed by atoms with Crippen LogP contribution in [0.1, 0.15) is 30.8 Å². The summed E-state index contributed by atoms with van der Waals surface area (Å²) in [6.45, 7) is 0.339. The van der Waals surface area contributed by atoms with Gasteiger partial charge in [-0.05, 0) is 62.0 Å². The fourth-order valence-electron chi connectivity index (χ4n) is 4.13. The Bertz CT molecular complexity index is 1080. The van der Waals surface area contributed by atoms with Gasteiger partial charge in [0.05, 0.1) is 18.1 Å².